The monoisotopic (exact) mass is 295 g/mol. The number of carbonyl (C=O) groups excluding carboxylic acids is 1. The molecule has 0 aromatic carbocycles. The van der Waals surface area contributed by atoms with E-state index in [-0.39, 0.29) is 5.92 Å². The zero-order chi connectivity index (χ0) is 15.2. The van der Waals surface area contributed by atoms with Gasteiger partial charge in [-0.3, -0.25) is 4.79 Å². The molecule has 1 aliphatic heterocycles. The van der Waals surface area contributed by atoms with Gasteiger partial charge >= 0.3 is 0 Å². The fraction of sp³-hybridized carbons (Fsp3) is 0.941. The average molecular weight is 295 g/mol. The van der Waals surface area contributed by atoms with Crippen LogP contribution in [0.25, 0.3) is 0 Å². The summed E-state index contributed by atoms with van der Waals surface area (Å²) in [7, 11) is 2.03. The second kappa shape index (κ2) is 8.14. The van der Waals surface area contributed by atoms with Crippen molar-refractivity contribution in [2.75, 3.05) is 33.2 Å². The van der Waals surface area contributed by atoms with E-state index in [0.717, 1.165) is 58.2 Å². The van der Waals surface area contributed by atoms with E-state index in [1.807, 2.05) is 7.05 Å². The van der Waals surface area contributed by atoms with Gasteiger partial charge in [-0.1, -0.05) is 6.92 Å². The zero-order valence-electron chi connectivity index (χ0n) is 13.9. The second-order valence-electron chi connectivity index (χ2n) is 6.98. The van der Waals surface area contributed by atoms with E-state index >= 15 is 0 Å². The molecule has 0 aromatic rings. The van der Waals surface area contributed by atoms with Crippen LogP contribution in [0.5, 0.6) is 0 Å². The van der Waals surface area contributed by atoms with Crippen LogP contribution in [0.1, 0.15) is 51.9 Å². The van der Waals surface area contributed by atoms with Crippen molar-refractivity contribution in [3.63, 3.8) is 0 Å². The Kier molecular flexibility index (Phi) is 6.49. The number of hydrogen-bond donors (Lipinski definition) is 1. The van der Waals surface area contributed by atoms with Crippen LogP contribution in [0.15, 0.2) is 0 Å². The van der Waals surface area contributed by atoms with E-state index < -0.39 is 0 Å². The predicted molar refractivity (Wildman–Crippen MR) is 87.0 cm³/mol. The normalized spacial score (nSPS) is 28.5. The lowest BCUT2D eigenvalue weighted by atomic mass is 9.81. The molecule has 0 aromatic heterocycles. The highest BCUT2D eigenvalue weighted by Gasteiger charge is 2.31. The lowest BCUT2D eigenvalue weighted by Gasteiger charge is -2.39. The molecule has 1 heterocycles. The van der Waals surface area contributed by atoms with Crippen molar-refractivity contribution in [2.45, 2.75) is 57.9 Å². The van der Waals surface area contributed by atoms with Crippen LogP contribution >= 0.6 is 0 Å². The molecular weight excluding hydrogens is 262 g/mol. The summed E-state index contributed by atoms with van der Waals surface area (Å²) in [4.78, 5) is 17.3. The fourth-order valence-corrected chi connectivity index (χ4v) is 3.96. The molecule has 0 atom stereocenters. The molecule has 2 rings (SSSR count). The molecule has 21 heavy (non-hydrogen) atoms. The minimum Gasteiger partial charge on any atom is -0.342 e. The molecule has 0 bridgehead atoms. The quantitative estimate of drug-likeness (QED) is 0.845. The molecule has 4 heteroatoms. The van der Waals surface area contributed by atoms with Crippen LogP contribution in [0.3, 0.4) is 0 Å². The summed E-state index contributed by atoms with van der Waals surface area (Å²) in [5.74, 6) is 1.29. The highest BCUT2D eigenvalue weighted by atomic mass is 16.2. The van der Waals surface area contributed by atoms with Crippen molar-refractivity contribution in [3.05, 3.63) is 0 Å². The van der Waals surface area contributed by atoms with E-state index in [0.29, 0.717) is 17.9 Å². The minimum atomic E-state index is 0.256. The summed E-state index contributed by atoms with van der Waals surface area (Å²) >= 11 is 0. The van der Waals surface area contributed by atoms with Gasteiger partial charge < -0.3 is 15.5 Å². The fourth-order valence-electron chi connectivity index (χ4n) is 3.96. The number of rotatable bonds is 5. The Bertz CT molecular complexity index is 318. The molecule has 2 fully saturated rings. The number of likely N-dealkylation sites (tertiary alicyclic amines) is 1. The Morgan fingerprint density at radius 1 is 1.14 bits per heavy atom. The number of carbonyl (C=O) groups is 1. The highest BCUT2D eigenvalue weighted by molar-refractivity contribution is 5.79. The minimum absolute atomic E-state index is 0.256. The van der Waals surface area contributed by atoms with Gasteiger partial charge in [0.2, 0.25) is 5.91 Å². The Labute approximate surface area is 130 Å². The molecule has 4 nitrogen and oxygen atoms in total. The zero-order valence-corrected chi connectivity index (χ0v) is 13.9. The standard InChI is InChI=1S/C17H33N3O/c1-3-10-20-11-8-16(9-12-20)19(2)17(21)15-6-4-14(13-18)5-7-15/h14-16H,3-13,18H2,1-2H3. The molecule has 0 radical (unpaired) electrons. The second-order valence-corrected chi connectivity index (χ2v) is 6.98. The van der Waals surface area contributed by atoms with Gasteiger partial charge in [-0.2, -0.15) is 0 Å². The van der Waals surface area contributed by atoms with Gasteiger partial charge in [0.15, 0.2) is 0 Å². The number of hydrogen-bond acceptors (Lipinski definition) is 3. The molecule has 2 aliphatic rings. The Morgan fingerprint density at radius 2 is 1.76 bits per heavy atom. The molecular formula is C17H33N3O. The molecule has 1 amide bonds. The SMILES string of the molecule is CCCN1CCC(N(C)C(=O)C2CCC(CN)CC2)CC1. The number of piperidine rings is 1. The average Bonchev–Trinajstić information content (AvgIpc) is 2.54. The number of amides is 1. The maximum Gasteiger partial charge on any atom is 0.225 e. The highest BCUT2D eigenvalue weighted by Crippen LogP contribution is 2.30. The molecule has 1 aliphatic carbocycles. The van der Waals surface area contributed by atoms with Crippen molar-refractivity contribution < 1.29 is 4.79 Å². The molecule has 1 saturated heterocycles. The van der Waals surface area contributed by atoms with Gasteiger partial charge in [-0.15, -0.1) is 0 Å². The third kappa shape index (κ3) is 4.43. The Morgan fingerprint density at radius 3 is 2.29 bits per heavy atom. The van der Waals surface area contributed by atoms with Crippen LogP contribution in [0.4, 0.5) is 0 Å². The first-order valence-corrected chi connectivity index (χ1v) is 8.84. The lowest BCUT2D eigenvalue weighted by Crippen LogP contribution is -2.47. The van der Waals surface area contributed by atoms with Crippen LogP contribution < -0.4 is 5.73 Å². The largest absolute Gasteiger partial charge is 0.342 e. The number of nitrogens with zero attached hydrogens (tertiary/aromatic N) is 2. The molecule has 122 valence electrons. The van der Waals surface area contributed by atoms with Gasteiger partial charge in [0.05, 0.1) is 0 Å². The first kappa shape index (κ1) is 16.8. The van der Waals surface area contributed by atoms with Crippen molar-refractivity contribution >= 4 is 5.91 Å². The summed E-state index contributed by atoms with van der Waals surface area (Å²) in [6.45, 7) is 6.52. The van der Waals surface area contributed by atoms with E-state index in [2.05, 4.69) is 16.7 Å². The third-order valence-corrected chi connectivity index (χ3v) is 5.52. The van der Waals surface area contributed by atoms with Crippen molar-refractivity contribution in [2.24, 2.45) is 17.6 Å². The van der Waals surface area contributed by atoms with E-state index in [9.17, 15) is 4.79 Å². The summed E-state index contributed by atoms with van der Waals surface area (Å²) in [6, 6.07) is 0.456. The first-order chi connectivity index (χ1) is 10.2. The first-order valence-electron chi connectivity index (χ1n) is 8.84. The maximum absolute atomic E-state index is 12.7. The van der Waals surface area contributed by atoms with Crippen LogP contribution in [0.2, 0.25) is 0 Å². The van der Waals surface area contributed by atoms with Crippen LogP contribution in [-0.2, 0) is 4.79 Å². The lowest BCUT2D eigenvalue weighted by molar-refractivity contribution is -0.138. The van der Waals surface area contributed by atoms with Crippen molar-refractivity contribution in [3.8, 4) is 0 Å². The summed E-state index contributed by atoms with van der Waals surface area (Å²) in [5, 5.41) is 0. The van der Waals surface area contributed by atoms with Gasteiger partial charge in [0.25, 0.3) is 0 Å². The topological polar surface area (TPSA) is 49.6 Å². The van der Waals surface area contributed by atoms with Gasteiger partial charge in [-0.25, -0.2) is 0 Å². The summed E-state index contributed by atoms with van der Waals surface area (Å²) in [6.07, 6.45) is 7.86. The van der Waals surface area contributed by atoms with Crippen molar-refractivity contribution in [1.29, 1.82) is 0 Å². The van der Waals surface area contributed by atoms with Gasteiger partial charge in [-0.05, 0) is 64.0 Å². The Hall–Kier alpha value is -0.610. The summed E-state index contributed by atoms with van der Waals surface area (Å²) in [5.41, 5.74) is 5.74. The van der Waals surface area contributed by atoms with Crippen LogP contribution in [-0.4, -0.2) is 55.0 Å². The van der Waals surface area contributed by atoms with E-state index in [4.69, 9.17) is 5.73 Å². The molecule has 1 saturated carbocycles. The smallest absolute Gasteiger partial charge is 0.225 e. The summed E-state index contributed by atoms with van der Waals surface area (Å²) < 4.78 is 0. The van der Waals surface area contributed by atoms with Gasteiger partial charge in [0, 0.05) is 32.1 Å². The number of nitrogens with two attached hydrogens (primary N) is 1. The maximum atomic E-state index is 12.7. The van der Waals surface area contributed by atoms with E-state index in [1.54, 1.807) is 0 Å². The molecule has 0 unspecified atom stereocenters. The van der Waals surface area contributed by atoms with Gasteiger partial charge in [0.1, 0.15) is 0 Å². The molecule has 0 spiro atoms. The predicted octanol–water partition coefficient (Wildman–Crippen LogP) is 2.08. The molecule has 2 N–H and O–H groups in total. The third-order valence-electron chi connectivity index (χ3n) is 5.52. The van der Waals surface area contributed by atoms with Crippen LogP contribution in [0, 0.1) is 11.8 Å². The van der Waals surface area contributed by atoms with E-state index in [1.165, 1.54) is 13.0 Å². The Balaban J connectivity index is 1.78. The van der Waals surface area contributed by atoms with Crippen molar-refractivity contribution in [1.82, 2.24) is 9.80 Å².